The highest BCUT2D eigenvalue weighted by molar-refractivity contribution is 6.00. The quantitative estimate of drug-likeness (QED) is 0.513. The first-order chi connectivity index (χ1) is 12.7. The van der Waals surface area contributed by atoms with E-state index in [1.54, 1.807) is 6.07 Å². The number of aromatic nitrogens is 4. The topological polar surface area (TPSA) is 133 Å². The Morgan fingerprint density at radius 2 is 2.00 bits per heavy atom. The van der Waals surface area contributed by atoms with Gasteiger partial charge in [0.1, 0.15) is 11.7 Å². The molecule has 4 N–H and O–H groups in total. The molecule has 3 rings (SSSR count). The molecule has 9 nitrogen and oxygen atoms in total. The molecule has 0 radical (unpaired) electrons. The van der Waals surface area contributed by atoms with Gasteiger partial charge >= 0.3 is 0 Å². The highest BCUT2D eigenvalue weighted by Gasteiger charge is 2.22. The summed E-state index contributed by atoms with van der Waals surface area (Å²) in [7, 11) is 0. The van der Waals surface area contributed by atoms with Crippen LogP contribution in [0.2, 0.25) is 0 Å². The molecule has 1 aromatic carbocycles. The third-order valence-corrected chi connectivity index (χ3v) is 3.51. The van der Waals surface area contributed by atoms with Gasteiger partial charge in [-0.2, -0.15) is 5.10 Å². The SMILES string of the molecule is O=C(N[C@@H](CO)C(=O)Nc1cc(-c2ccccc2)[nH]n1)c1cnccn1. The van der Waals surface area contributed by atoms with Gasteiger partial charge in [-0.25, -0.2) is 4.98 Å². The lowest BCUT2D eigenvalue weighted by Crippen LogP contribution is -2.46. The molecular formula is C17H16N6O3. The second kappa shape index (κ2) is 7.99. The van der Waals surface area contributed by atoms with Crippen molar-refractivity contribution in [1.82, 2.24) is 25.5 Å². The molecule has 0 aliphatic heterocycles. The molecule has 0 unspecified atom stereocenters. The third-order valence-electron chi connectivity index (χ3n) is 3.51. The molecule has 9 heteroatoms. The molecule has 3 aromatic rings. The number of rotatable bonds is 6. The minimum atomic E-state index is -1.15. The van der Waals surface area contributed by atoms with Crippen molar-refractivity contribution in [3.05, 3.63) is 60.7 Å². The minimum Gasteiger partial charge on any atom is -0.394 e. The third kappa shape index (κ3) is 4.08. The molecule has 0 saturated heterocycles. The number of anilines is 1. The number of carbonyl (C=O) groups is 2. The first kappa shape index (κ1) is 17.2. The molecule has 0 saturated carbocycles. The second-order valence-electron chi connectivity index (χ2n) is 5.32. The van der Waals surface area contributed by atoms with Gasteiger partial charge in [0.05, 0.1) is 18.5 Å². The lowest BCUT2D eigenvalue weighted by atomic mass is 10.1. The average molecular weight is 352 g/mol. The zero-order valence-corrected chi connectivity index (χ0v) is 13.6. The average Bonchev–Trinajstić information content (AvgIpc) is 3.15. The van der Waals surface area contributed by atoms with Crippen molar-refractivity contribution in [2.24, 2.45) is 0 Å². The van der Waals surface area contributed by atoms with Crippen LogP contribution in [0.3, 0.4) is 0 Å². The summed E-state index contributed by atoms with van der Waals surface area (Å²) in [6.07, 6.45) is 4.05. The fourth-order valence-corrected chi connectivity index (χ4v) is 2.21. The van der Waals surface area contributed by atoms with Gasteiger partial charge in [0.2, 0.25) is 0 Å². The van der Waals surface area contributed by atoms with Gasteiger partial charge in [0.25, 0.3) is 11.8 Å². The largest absolute Gasteiger partial charge is 0.394 e. The molecule has 1 atom stereocenters. The monoisotopic (exact) mass is 352 g/mol. The van der Waals surface area contributed by atoms with Crippen molar-refractivity contribution in [1.29, 1.82) is 0 Å². The maximum atomic E-state index is 12.3. The second-order valence-corrected chi connectivity index (χ2v) is 5.32. The maximum absolute atomic E-state index is 12.3. The molecule has 26 heavy (non-hydrogen) atoms. The van der Waals surface area contributed by atoms with Gasteiger partial charge in [0.15, 0.2) is 5.82 Å². The van der Waals surface area contributed by atoms with Gasteiger partial charge in [-0.05, 0) is 5.56 Å². The van der Waals surface area contributed by atoms with Crippen molar-refractivity contribution in [3.63, 3.8) is 0 Å². The number of aliphatic hydroxyl groups is 1. The van der Waals surface area contributed by atoms with Crippen molar-refractivity contribution >= 4 is 17.6 Å². The van der Waals surface area contributed by atoms with Crippen LogP contribution in [-0.2, 0) is 4.79 Å². The van der Waals surface area contributed by atoms with E-state index < -0.39 is 24.5 Å². The van der Waals surface area contributed by atoms with Gasteiger partial charge < -0.3 is 15.7 Å². The summed E-state index contributed by atoms with van der Waals surface area (Å²) in [6, 6.07) is 9.98. The van der Waals surface area contributed by atoms with Crippen molar-refractivity contribution in [2.75, 3.05) is 11.9 Å². The normalized spacial score (nSPS) is 11.6. The van der Waals surface area contributed by atoms with E-state index in [0.717, 1.165) is 11.3 Å². The van der Waals surface area contributed by atoms with E-state index in [4.69, 9.17) is 0 Å². The smallest absolute Gasteiger partial charge is 0.272 e. The van der Waals surface area contributed by atoms with Gasteiger partial charge in [-0.3, -0.25) is 19.7 Å². The van der Waals surface area contributed by atoms with Crippen LogP contribution in [-0.4, -0.2) is 49.7 Å². The van der Waals surface area contributed by atoms with Gasteiger partial charge in [-0.1, -0.05) is 30.3 Å². The predicted molar refractivity (Wildman–Crippen MR) is 93.0 cm³/mol. The molecular weight excluding hydrogens is 336 g/mol. The van der Waals surface area contributed by atoms with Crippen LogP contribution in [0.25, 0.3) is 11.3 Å². The molecule has 2 amide bonds. The lowest BCUT2D eigenvalue weighted by Gasteiger charge is -2.14. The number of carbonyl (C=O) groups excluding carboxylic acids is 2. The zero-order valence-electron chi connectivity index (χ0n) is 13.6. The molecule has 2 aromatic heterocycles. The van der Waals surface area contributed by atoms with Crippen molar-refractivity contribution < 1.29 is 14.7 Å². The molecule has 0 spiro atoms. The fraction of sp³-hybridized carbons (Fsp3) is 0.118. The van der Waals surface area contributed by atoms with E-state index in [9.17, 15) is 14.7 Å². The molecule has 132 valence electrons. The van der Waals surface area contributed by atoms with Crippen molar-refractivity contribution in [3.8, 4) is 11.3 Å². The van der Waals surface area contributed by atoms with E-state index >= 15 is 0 Å². The van der Waals surface area contributed by atoms with Crippen LogP contribution in [0.15, 0.2) is 55.0 Å². The van der Waals surface area contributed by atoms with Crippen LogP contribution >= 0.6 is 0 Å². The number of H-pyrrole nitrogens is 1. The summed E-state index contributed by atoms with van der Waals surface area (Å²) in [5.41, 5.74) is 1.69. The Labute approximate surface area is 148 Å². The number of nitrogens with zero attached hydrogens (tertiary/aromatic N) is 3. The Balaban J connectivity index is 1.64. The lowest BCUT2D eigenvalue weighted by molar-refractivity contribution is -0.118. The van der Waals surface area contributed by atoms with Gasteiger partial charge in [-0.15, -0.1) is 0 Å². The number of aromatic amines is 1. The number of hydrogen-bond acceptors (Lipinski definition) is 6. The summed E-state index contributed by atoms with van der Waals surface area (Å²) in [5, 5.41) is 21.2. The van der Waals surface area contributed by atoms with E-state index in [0.29, 0.717) is 0 Å². The molecule has 2 heterocycles. The molecule has 0 aliphatic rings. The van der Waals surface area contributed by atoms with Crippen LogP contribution in [0.5, 0.6) is 0 Å². The Bertz CT molecular complexity index is 882. The molecule has 0 bridgehead atoms. The Morgan fingerprint density at radius 1 is 1.19 bits per heavy atom. The summed E-state index contributed by atoms with van der Waals surface area (Å²) in [5.74, 6) is -0.934. The zero-order chi connectivity index (χ0) is 18.4. The van der Waals surface area contributed by atoms with Crippen LogP contribution in [0, 0.1) is 0 Å². The van der Waals surface area contributed by atoms with E-state index in [-0.39, 0.29) is 11.5 Å². The minimum absolute atomic E-state index is 0.0462. The number of aliphatic hydroxyl groups excluding tert-OH is 1. The standard InChI is InChI=1S/C17H16N6O3/c24-10-14(20-16(25)13-9-18-6-7-19-13)17(26)21-15-8-12(22-23-15)11-4-2-1-3-5-11/h1-9,14,24H,10H2,(H,20,25)(H2,21,22,23,26)/t14-/m0/s1. The Kier molecular flexibility index (Phi) is 5.30. The maximum Gasteiger partial charge on any atom is 0.272 e. The summed E-state index contributed by atoms with van der Waals surface area (Å²) < 4.78 is 0. The van der Waals surface area contributed by atoms with Crippen molar-refractivity contribution in [2.45, 2.75) is 6.04 Å². The number of benzene rings is 1. The summed E-state index contributed by atoms with van der Waals surface area (Å²) in [4.78, 5) is 31.9. The summed E-state index contributed by atoms with van der Waals surface area (Å²) >= 11 is 0. The van der Waals surface area contributed by atoms with E-state index in [1.165, 1.54) is 18.6 Å². The molecule has 0 aliphatic carbocycles. The highest BCUT2D eigenvalue weighted by atomic mass is 16.3. The predicted octanol–water partition coefficient (Wildman–Crippen LogP) is 0.596. The Morgan fingerprint density at radius 3 is 2.69 bits per heavy atom. The molecule has 0 fully saturated rings. The Hall–Kier alpha value is -3.59. The van der Waals surface area contributed by atoms with Crippen LogP contribution < -0.4 is 10.6 Å². The van der Waals surface area contributed by atoms with Crippen LogP contribution in [0.1, 0.15) is 10.5 Å². The highest BCUT2D eigenvalue weighted by Crippen LogP contribution is 2.19. The first-order valence-corrected chi connectivity index (χ1v) is 7.77. The summed E-state index contributed by atoms with van der Waals surface area (Å²) in [6.45, 7) is -0.576. The van der Waals surface area contributed by atoms with E-state index in [1.807, 2.05) is 30.3 Å². The van der Waals surface area contributed by atoms with Gasteiger partial charge in [0, 0.05) is 18.5 Å². The number of hydrogen-bond donors (Lipinski definition) is 4. The fourth-order valence-electron chi connectivity index (χ4n) is 2.21. The van der Waals surface area contributed by atoms with E-state index in [2.05, 4.69) is 30.8 Å². The number of amides is 2. The number of nitrogens with one attached hydrogen (secondary N) is 3. The first-order valence-electron chi connectivity index (χ1n) is 7.77. The van der Waals surface area contributed by atoms with Crippen LogP contribution in [0.4, 0.5) is 5.82 Å².